The van der Waals surface area contributed by atoms with Crippen molar-refractivity contribution in [3.8, 4) is 6.07 Å². The fourth-order valence-electron chi connectivity index (χ4n) is 3.11. The number of para-hydroxylation sites is 1. The van der Waals surface area contributed by atoms with E-state index >= 15 is 0 Å². The molecule has 7 nitrogen and oxygen atoms in total. The topological polar surface area (TPSA) is 98.6 Å². The number of aromatic amines is 1. The van der Waals surface area contributed by atoms with Gasteiger partial charge in [0.2, 0.25) is 0 Å². The number of aromatic nitrogens is 4. The molecule has 0 radical (unpaired) electrons. The molecule has 1 aliphatic rings. The van der Waals surface area contributed by atoms with Gasteiger partial charge in [0.25, 0.3) is 5.56 Å². The van der Waals surface area contributed by atoms with E-state index in [1.54, 1.807) is 12.3 Å². The average Bonchev–Trinajstić information content (AvgIpc) is 3.11. The molecular formula is C17H14N6O. The van der Waals surface area contributed by atoms with Crippen molar-refractivity contribution >= 4 is 16.7 Å². The SMILES string of the molecule is N#Cc1cnc(N2CCCC2c2nc3ccccc3c(=O)[nH]2)cn1. The molecule has 2 aromatic heterocycles. The zero-order chi connectivity index (χ0) is 16.5. The van der Waals surface area contributed by atoms with Gasteiger partial charge in [-0.05, 0) is 25.0 Å². The van der Waals surface area contributed by atoms with Crippen LogP contribution in [0.3, 0.4) is 0 Å². The van der Waals surface area contributed by atoms with Crippen molar-refractivity contribution < 1.29 is 0 Å². The van der Waals surface area contributed by atoms with E-state index in [-0.39, 0.29) is 17.3 Å². The molecule has 1 unspecified atom stereocenters. The molecular weight excluding hydrogens is 304 g/mol. The number of hydrogen-bond acceptors (Lipinski definition) is 6. The summed E-state index contributed by atoms with van der Waals surface area (Å²) in [6.07, 6.45) is 4.91. The number of fused-ring (bicyclic) bond motifs is 1. The Morgan fingerprint density at radius 3 is 2.92 bits per heavy atom. The van der Waals surface area contributed by atoms with E-state index in [1.165, 1.54) is 6.20 Å². The Kier molecular flexibility index (Phi) is 3.43. The van der Waals surface area contributed by atoms with Crippen molar-refractivity contribution in [2.45, 2.75) is 18.9 Å². The molecule has 1 N–H and O–H groups in total. The van der Waals surface area contributed by atoms with E-state index in [1.807, 2.05) is 24.3 Å². The first-order valence-electron chi connectivity index (χ1n) is 7.74. The standard InChI is InChI=1S/C17H14N6O/c18-8-11-9-20-15(10-19-11)23-7-3-6-14(23)16-21-13-5-2-1-4-12(13)17(24)22-16/h1-2,4-5,9-10,14H,3,6-7H2,(H,21,22,24). The molecule has 1 aliphatic heterocycles. The molecule has 1 fully saturated rings. The lowest BCUT2D eigenvalue weighted by molar-refractivity contribution is 0.660. The number of benzene rings is 1. The van der Waals surface area contributed by atoms with Crippen LogP contribution in [-0.2, 0) is 0 Å². The molecule has 1 aromatic carbocycles. The summed E-state index contributed by atoms with van der Waals surface area (Å²) < 4.78 is 0. The predicted octanol–water partition coefficient (Wildman–Crippen LogP) is 1.93. The van der Waals surface area contributed by atoms with Crippen LogP contribution in [0.4, 0.5) is 5.82 Å². The van der Waals surface area contributed by atoms with Crippen LogP contribution in [0, 0.1) is 11.3 Å². The summed E-state index contributed by atoms with van der Waals surface area (Å²) in [5.41, 5.74) is 0.842. The summed E-state index contributed by atoms with van der Waals surface area (Å²) in [4.78, 5) is 30.3. The van der Waals surface area contributed by atoms with E-state index in [0.29, 0.717) is 22.5 Å². The van der Waals surface area contributed by atoms with Crippen LogP contribution in [0.15, 0.2) is 41.5 Å². The van der Waals surface area contributed by atoms with Gasteiger partial charge in [-0.15, -0.1) is 0 Å². The molecule has 0 amide bonds. The Morgan fingerprint density at radius 2 is 2.12 bits per heavy atom. The molecule has 7 heteroatoms. The van der Waals surface area contributed by atoms with Crippen molar-refractivity contribution in [3.63, 3.8) is 0 Å². The maximum atomic E-state index is 12.3. The highest BCUT2D eigenvalue weighted by Crippen LogP contribution is 2.33. The van der Waals surface area contributed by atoms with E-state index in [0.717, 1.165) is 19.4 Å². The third-order valence-electron chi connectivity index (χ3n) is 4.25. The highest BCUT2D eigenvalue weighted by molar-refractivity contribution is 5.77. The monoisotopic (exact) mass is 318 g/mol. The summed E-state index contributed by atoms with van der Waals surface area (Å²) in [5, 5.41) is 9.43. The number of hydrogen-bond donors (Lipinski definition) is 1. The molecule has 4 rings (SSSR count). The maximum absolute atomic E-state index is 12.3. The summed E-state index contributed by atoms with van der Waals surface area (Å²) >= 11 is 0. The Bertz CT molecular complexity index is 988. The normalized spacial score (nSPS) is 17.1. The van der Waals surface area contributed by atoms with Gasteiger partial charge in [-0.1, -0.05) is 12.1 Å². The van der Waals surface area contributed by atoms with Gasteiger partial charge >= 0.3 is 0 Å². The summed E-state index contributed by atoms with van der Waals surface area (Å²) in [6.45, 7) is 0.807. The fraction of sp³-hybridized carbons (Fsp3) is 0.235. The Balaban J connectivity index is 1.74. The second kappa shape index (κ2) is 5.74. The number of anilines is 1. The fourth-order valence-corrected chi connectivity index (χ4v) is 3.11. The molecule has 118 valence electrons. The molecule has 0 bridgehead atoms. The number of H-pyrrole nitrogens is 1. The molecule has 1 atom stereocenters. The second-order valence-corrected chi connectivity index (χ2v) is 5.69. The van der Waals surface area contributed by atoms with Crippen molar-refractivity contribution in [2.24, 2.45) is 0 Å². The lowest BCUT2D eigenvalue weighted by Crippen LogP contribution is -2.27. The number of nitrogens with zero attached hydrogens (tertiary/aromatic N) is 5. The van der Waals surface area contributed by atoms with Crippen LogP contribution >= 0.6 is 0 Å². The van der Waals surface area contributed by atoms with Gasteiger partial charge in [-0.25, -0.2) is 15.0 Å². The van der Waals surface area contributed by atoms with Crippen LogP contribution in [0.1, 0.15) is 30.4 Å². The van der Waals surface area contributed by atoms with E-state index < -0.39 is 0 Å². The molecule has 0 spiro atoms. The average molecular weight is 318 g/mol. The second-order valence-electron chi connectivity index (χ2n) is 5.69. The van der Waals surface area contributed by atoms with Crippen LogP contribution in [-0.4, -0.2) is 26.5 Å². The van der Waals surface area contributed by atoms with Gasteiger partial charge in [0.15, 0.2) is 5.69 Å². The largest absolute Gasteiger partial charge is 0.345 e. The number of nitrogens with one attached hydrogen (secondary N) is 1. The van der Waals surface area contributed by atoms with Crippen LogP contribution in [0.25, 0.3) is 10.9 Å². The lowest BCUT2D eigenvalue weighted by Gasteiger charge is -2.24. The van der Waals surface area contributed by atoms with Gasteiger partial charge in [0.1, 0.15) is 17.7 Å². The smallest absolute Gasteiger partial charge is 0.258 e. The van der Waals surface area contributed by atoms with Crippen molar-refractivity contribution in [1.29, 1.82) is 5.26 Å². The van der Waals surface area contributed by atoms with Crippen LogP contribution < -0.4 is 10.5 Å². The van der Waals surface area contributed by atoms with Crippen LogP contribution in [0.2, 0.25) is 0 Å². The van der Waals surface area contributed by atoms with Gasteiger partial charge < -0.3 is 9.88 Å². The zero-order valence-electron chi connectivity index (χ0n) is 12.8. The highest BCUT2D eigenvalue weighted by atomic mass is 16.1. The van der Waals surface area contributed by atoms with E-state index in [4.69, 9.17) is 5.26 Å². The third kappa shape index (κ3) is 2.38. The molecule has 1 saturated heterocycles. The minimum atomic E-state index is -0.131. The first-order valence-corrected chi connectivity index (χ1v) is 7.74. The van der Waals surface area contributed by atoms with Crippen molar-refractivity contribution in [1.82, 2.24) is 19.9 Å². The minimum Gasteiger partial charge on any atom is -0.345 e. The Morgan fingerprint density at radius 1 is 1.25 bits per heavy atom. The van der Waals surface area contributed by atoms with E-state index in [9.17, 15) is 4.79 Å². The molecule has 3 aromatic rings. The van der Waals surface area contributed by atoms with Gasteiger partial charge in [0.05, 0.1) is 29.3 Å². The summed E-state index contributed by atoms with van der Waals surface area (Å²) in [7, 11) is 0. The van der Waals surface area contributed by atoms with Gasteiger partial charge in [0, 0.05) is 6.54 Å². The molecule has 3 heterocycles. The zero-order valence-corrected chi connectivity index (χ0v) is 12.8. The van der Waals surface area contributed by atoms with Crippen molar-refractivity contribution in [2.75, 3.05) is 11.4 Å². The summed E-state index contributed by atoms with van der Waals surface area (Å²) in [5.74, 6) is 1.33. The Hall–Kier alpha value is -3.27. The quantitative estimate of drug-likeness (QED) is 0.775. The van der Waals surface area contributed by atoms with Gasteiger partial charge in [-0.3, -0.25) is 4.79 Å². The first kappa shape index (κ1) is 14.3. The maximum Gasteiger partial charge on any atom is 0.258 e. The molecule has 24 heavy (non-hydrogen) atoms. The highest BCUT2D eigenvalue weighted by Gasteiger charge is 2.29. The third-order valence-corrected chi connectivity index (χ3v) is 4.25. The minimum absolute atomic E-state index is 0.0514. The van der Waals surface area contributed by atoms with Gasteiger partial charge in [-0.2, -0.15) is 5.26 Å². The van der Waals surface area contributed by atoms with Crippen molar-refractivity contribution in [3.05, 3.63) is 58.5 Å². The molecule has 0 aliphatic carbocycles. The van der Waals surface area contributed by atoms with Crippen LogP contribution in [0.5, 0.6) is 0 Å². The first-order chi connectivity index (χ1) is 11.8. The summed E-state index contributed by atoms with van der Waals surface area (Å²) in [6, 6.07) is 9.22. The number of nitriles is 1. The number of rotatable bonds is 2. The lowest BCUT2D eigenvalue weighted by atomic mass is 10.2. The molecule has 0 saturated carbocycles. The predicted molar refractivity (Wildman–Crippen MR) is 88.4 cm³/mol. The Labute approximate surface area is 137 Å². The van der Waals surface area contributed by atoms with E-state index in [2.05, 4.69) is 24.8 Å².